The Balaban J connectivity index is 1.97. The number of nitrogens with two attached hydrogens (primary N) is 1. The van der Waals surface area contributed by atoms with Crippen molar-refractivity contribution in [3.8, 4) is 0 Å². The standard InChI is InChI=1S/C13H21N7/c1-8-4-3-5-9(6-8)20(2)12-10-7-15-19-11(10)16-13(17-12)18-14/h7-9H,3-6,14H2,1-2H3,(H2,15,16,17,18,19). The van der Waals surface area contributed by atoms with Crippen LogP contribution in [0, 0.1) is 5.92 Å². The number of aromatic amines is 1. The number of nitrogens with zero attached hydrogens (tertiary/aromatic N) is 4. The van der Waals surface area contributed by atoms with Crippen LogP contribution in [-0.2, 0) is 0 Å². The van der Waals surface area contributed by atoms with E-state index in [0.29, 0.717) is 17.6 Å². The van der Waals surface area contributed by atoms with Crippen molar-refractivity contribution < 1.29 is 0 Å². The monoisotopic (exact) mass is 275 g/mol. The Morgan fingerprint density at radius 1 is 1.40 bits per heavy atom. The van der Waals surface area contributed by atoms with Gasteiger partial charge in [0.15, 0.2) is 5.65 Å². The van der Waals surface area contributed by atoms with Gasteiger partial charge < -0.3 is 4.90 Å². The first kappa shape index (κ1) is 13.1. The van der Waals surface area contributed by atoms with Gasteiger partial charge in [0.25, 0.3) is 0 Å². The van der Waals surface area contributed by atoms with Crippen molar-refractivity contribution in [3.63, 3.8) is 0 Å². The highest BCUT2D eigenvalue weighted by Gasteiger charge is 2.25. The number of hydrogen-bond donors (Lipinski definition) is 3. The largest absolute Gasteiger partial charge is 0.356 e. The van der Waals surface area contributed by atoms with Crippen LogP contribution in [0.2, 0.25) is 0 Å². The average Bonchev–Trinajstić information content (AvgIpc) is 2.93. The molecule has 1 fully saturated rings. The zero-order valence-corrected chi connectivity index (χ0v) is 11.9. The van der Waals surface area contributed by atoms with E-state index in [-0.39, 0.29) is 0 Å². The number of nitrogen functional groups attached to an aromatic ring is 1. The van der Waals surface area contributed by atoms with Crippen LogP contribution in [0.4, 0.5) is 11.8 Å². The zero-order chi connectivity index (χ0) is 14.1. The van der Waals surface area contributed by atoms with Gasteiger partial charge in [0.1, 0.15) is 5.82 Å². The molecule has 3 rings (SSSR count). The molecule has 0 saturated heterocycles. The quantitative estimate of drug-likeness (QED) is 0.582. The number of H-pyrrole nitrogens is 1. The van der Waals surface area contributed by atoms with E-state index in [0.717, 1.165) is 17.1 Å². The predicted octanol–water partition coefficient (Wildman–Crippen LogP) is 1.65. The second-order valence-electron chi connectivity index (χ2n) is 5.68. The molecule has 0 aromatic carbocycles. The Bertz CT molecular complexity index is 593. The lowest BCUT2D eigenvalue weighted by atomic mass is 9.86. The van der Waals surface area contributed by atoms with Gasteiger partial charge in [0.2, 0.25) is 5.95 Å². The van der Waals surface area contributed by atoms with Crippen LogP contribution in [0.5, 0.6) is 0 Å². The van der Waals surface area contributed by atoms with Crippen molar-refractivity contribution in [1.82, 2.24) is 20.2 Å². The van der Waals surface area contributed by atoms with Gasteiger partial charge in [0.05, 0.1) is 11.6 Å². The van der Waals surface area contributed by atoms with Gasteiger partial charge in [-0.25, -0.2) is 5.84 Å². The van der Waals surface area contributed by atoms with Crippen LogP contribution in [0.1, 0.15) is 32.6 Å². The molecule has 2 heterocycles. The van der Waals surface area contributed by atoms with Crippen molar-refractivity contribution in [2.75, 3.05) is 17.4 Å². The Kier molecular flexibility index (Phi) is 3.43. The molecule has 0 aliphatic heterocycles. The summed E-state index contributed by atoms with van der Waals surface area (Å²) in [7, 11) is 2.10. The topological polar surface area (TPSA) is 95.8 Å². The second kappa shape index (κ2) is 5.24. The maximum absolute atomic E-state index is 5.45. The lowest BCUT2D eigenvalue weighted by molar-refractivity contribution is 0.336. The van der Waals surface area contributed by atoms with E-state index in [1.165, 1.54) is 25.7 Å². The normalized spacial score (nSPS) is 22.9. The third-order valence-corrected chi connectivity index (χ3v) is 4.21. The summed E-state index contributed by atoms with van der Waals surface area (Å²) in [5.74, 6) is 7.51. The molecule has 1 aliphatic rings. The molecule has 2 aromatic heterocycles. The molecule has 20 heavy (non-hydrogen) atoms. The SMILES string of the molecule is CC1CCCC(N(C)c2nc(NN)nc3[nH]ncc23)C1. The molecule has 0 radical (unpaired) electrons. The van der Waals surface area contributed by atoms with Gasteiger partial charge in [0, 0.05) is 13.1 Å². The van der Waals surface area contributed by atoms with Gasteiger partial charge in [-0.1, -0.05) is 19.8 Å². The lowest BCUT2D eigenvalue weighted by Crippen LogP contribution is -2.36. The van der Waals surface area contributed by atoms with Crippen molar-refractivity contribution in [2.45, 2.75) is 38.6 Å². The van der Waals surface area contributed by atoms with E-state index in [1.807, 2.05) is 0 Å². The first-order valence-corrected chi connectivity index (χ1v) is 7.09. The molecule has 2 atom stereocenters. The van der Waals surface area contributed by atoms with Gasteiger partial charge >= 0.3 is 0 Å². The van der Waals surface area contributed by atoms with Gasteiger partial charge in [-0.15, -0.1) is 0 Å². The fourth-order valence-corrected chi connectivity index (χ4v) is 3.08. The number of fused-ring (bicyclic) bond motifs is 1. The van der Waals surface area contributed by atoms with E-state index in [4.69, 9.17) is 5.84 Å². The summed E-state index contributed by atoms with van der Waals surface area (Å²) >= 11 is 0. The summed E-state index contributed by atoms with van der Waals surface area (Å²) in [5.41, 5.74) is 3.23. The van der Waals surface area contributed by atoms with Crippen LogP contribution >= 0.6 is 0 Å². The molecule has 1 saturated carbocycles. The maximum atomic E-state index is 5.45. The molecule has 0 spiro atoms. The van der Waals surface area contributed by atoms with Gasteiger partial charge in [-0.3, -0.25) is 10.5 Å². The number of hydrogen-bond acceptors (Lipinski definition) is 6. The van der Waals surface area contributed by atoms with Crippen LogP contribution in [0.3, 0.4) is 0 Å². The van der Waals surface area contributed by atoms with Crippen LogP contribution in [0.25, 0.3) is 11.0 Å². The minimum absolute atomic E-state index is 0.410. The molecule has 2 unspecified atom stereocenters. The van der Waals surface area contributed by atoms with Crippen LogP contribution < -0.4 is 16.2 Å². The Labute approximate surface area is 117 Å². The number of nitrogens with one attached hydrogen (secondary N) is 2. The summed E-state index contributed by atoms with van der Waals surface area (Å²) in [6, 6.07) is 0.511. The minimum Gasteiger partial charge on any atom is -0.356 e. The van der Waals surface area contributed by atoms with E-state index < -0.39 is 0 Å². The van der Waals surface area contributed by atoms with Crippen molar-refractivity contribution in [1.29, 1.82) is 0 Å². The summed E-state index contributed by atoms with van der Waals surface area (Å²) < 4.78 is 0. The van der Waals surface area contributed by atoms with Crippen molar-refractivity contribution in [2.24, 2.45) is 11.8 Å². The number of hydrazine groups is 1. The fourth-order valence-electron chi connectivity index (χ4n) is 3.08. The first-order valence-electron chi connectivity index (χ1n) is 7.09. The van der Waals surface area contributed by atoms with Gasteiger partial charge in [-0.05, 0) is 18.8 Å². The Morgan fingerprint density at radius 3 is 3.00 bits per heavy atom. The molecule has 7 nitrogen and oxygen atoms in total. The Morgan fingerprint density at radius 2 is 2.25 bits per heavy atom. The van der Waals surface area contributed by atoms with E-state index in [9.17, 15) is 0 Å². The Hall–Kier alpha value is -1.89. The third-order valence-electron chi connectivity index (χ3n) is 4.21. The number of anilines is 2. The fraction of sp³-hybridized carbons (Fsp3) is 0.615. The molecule has 4 N–H and O–H groups in total. The molecule has 108 valence electrons. The maximum Gasteiger partial charge on any atom is 0.241 e. The smallest absolute Gasteiger partial charge is 0.241 e. The summed E-state index contributed by atoms with van der Waals surface area (Å²) in [6.07, 6.45) is 6.77. The molecular weight excluding hydrogens is 254 g/mol. The van der Waals surface area contributed by atoms with Crippen molar-refractivity contribution in [3.05, 3.63) is 6.20 Å². The summed E-state index contributed by atoms with van der Waals surface area (Å²) in [6.45, 7) is 2.32. The zero-order valence-electron chi connectivity index (χ0n) is 11.9. The first-order chi connectivity index (χ1) is 9.69. The van der Waals surface area contributed by atoms with E-state index in [2.05, 4.69) is 44.5 Å². The molecule has 1 aliphatic carbocycles. The minimum atomic E-state index is 0.410. The highest BCUT2D eigenvalue weighted by Crippen LogP contribution is 2.31. The van der Waals surface area contributed by atoms with E-state index in [1.54, 1.807) is 6.20 Å². The average molecular weight is 275 g/mol. The van der Waals surface area contributed by atoms with Crippen LogP contribution in [-0.4, -0.2) is 33.3 Å². The summed E-state index contributed by atoms with van der Waals surface area (Å²) in [4.78, 5) is 11.0. The highest BCUT2D eigenvalue weighted by atomic mass is 15.3. The second-order valence-corrected chi connectivity index (χ2v) is 5.68. The lowest BCUT2D eigenvalue weighted by Gasteiger charge is -2.35. The summed E-state index contributed by atoms with van der Waals surface area (Å²) in [5, 5.41) is 7.87. The molecule has 2 aromatic rings. The van der Waals surface area contributed by atoms with Crippen LogP contribution in [0.15, 0.2) is 6.20 Å². The van der Waals surface area contributed by atoms with Crippen molar-refractivity contribution >= 4 is 22.8 Å². The third kappa shape index (κ3) is 2.29. The molecule has 0 bridgehead atoms. The van der Waals surface area contributed by atoms with E-state index >= 15 is 0 Å². The number of aromatic nitrogens is 4. The molecular formula is C13H21N7. The van der Waals surface area contributed by atoms with Gasteiger partial charge in [-0.2, -0.15) is 15.1 Å². The number of rotatable bonds is 3. The predicted molar refractivity (Wildman–Crippen MR) is 79.3 cm³/mol. The highest BCUT2D eigenvalue weighted by molar-refractivity contribution is 5.87. The molecule has 0 amide bonds. The molecule has 7 heteroatoms.